The van der Waals surface area contributed by atoms with E-state index in [1.165, 1.54) is 19.3 Å². The number of rotatable bonds is 4. The minimum atomic E-state index is -0.275. The second kappa shape index (κ2) is 10.3. The van der Waals surface area contributed by atoms with Crippen molar-refractivity contribution in [2.75, 3.05) is 33.8 Å². The Morgan fingerprint density at radius 3 is 2.73 bits per heavy atom. The zero-order chi connectivity index (χ0) is 21.7. The van der Waals surface area contributed by atoms with E-state index in [0.717, 1.165) is 24.9 Å². The molecule has 164 valence electrons. The van der Waals surface area contributed by atoms with Crippen LogP contribution in [0, 0.1) is 23.7 Å². The van der Waals surface area contributed by atoms with Crippen LogP contribution in [0.3, 0.4) is 0 Å². The number of hydrogen-bond donors (Lipinski definition) is 1. The van der Waals surface area contributed by atoms with Crippen LogP contribution in [0.15, 0.2) is 12.3 Å². The Balaban J connectivity index is 1.94. The van der Waals surface area contributed by atoms with Crippen LogP contribution in [0.2, 0.25) is 0 Å². The summed E-state index contributed by atoms with van der Waals surface area (Å²) in [6, 6.07) is 1.53. The number of likely N-dealkylation sites (N-methyl/N-ethyl adjacent to an activating group) is 1. The molecular formula is C24H35N3O3. The van der Waals surface area contributed by atoms with Gasteiger partial charge in [0.05, 0.1) is 12.6 Å². The number of aliphatic hydroxyl groups is 1. The number of aromatic nitrogens is 1. The van der Waals surface area contributed by atoms with Crippen molar-refractivity contribution in [2.24, 2.45) is 11.8 Å². The molecule has 6 heteroatoms. The maximum atomic E-state index is 13.4. The monoisotopic (exact) mass is 413 g/mol. The lowest BCUT2D eigenvalue weighted by atomic mass is 9.90. The fraction of sp³-hybridized carbons (Fsp3) is 0.667. The number of aliphatic hydroxyl groups excluding tert-OH is 1. The maximum Gasteiger partial charge on any atom is 0.259 e. The Kier molecular flexibility index (Phi) is 7.74. The molecule has 3 atom stereocenters. The van der Waals surface area contributed by atoms with E-state index in [0.29, 0.717) is 23.9 Å². The molecule has 3 rings (SSSR count). The topological polar surface area (TPSA) is 65.9 Å². The van der Waals surface area contributed by atoms with Gasteiger partial charge in [0, 0.05) is 36.7 Å². The van der Waals surface area contributed by atoms with Gasteiger partial charge in [0.15, 0.2) is 0 Å². The number of pyridine rings is 1. The Bertz CT molecular complexity index is 793. The summed E-state index contributed by atoms with van der Waals surface area (Å²) in [5.74, 6) is 7.35. The first-order valence-corrected chi connectivity index (χ1v) is 11.1. The number of ether oxygens (including phenoxy) is 1. The van der Waals surface area contributed by atoms with E-state index in [1.54, 1.807) is 17.2 Å². The normalized spacial score (nSPS) is 23.7. The molecular weight excluding hydrogens is 378 g/mol. The summed E-state index contributed by atoms with van der Waals surface area (Å²) in [6.07, 6.45) is 7.70. The van der Waals surface area contributed by atoms with Gasteiger partial charge < -0.3 is 19.6 Å². The highest BCUT2D eigenvalue weighted by Gasteiger charge is 2.33. The average Bonchev–Trinajstić information content (AvgIpc) is 2.74. The van der Waals surface area contributed by atoms with Gasteiger partial charge in [-0.05, 0) is 39.9 Å². The third-order valence-corrected chi connectivity index (χ3v) is 6.09. The van der Waals surface area contributed by atoms with Gasteiger partial charge in [-0.2, -0.15) is 0 Å². The van der Waals surface area contributed by atoms with Crippen molar-refractivity contribution in [3.8, 4) is 17.7 Å². The summed E-state index contributed by atoms with van der Waals surface area (Å²) in [7, 11) is 4.01. The number of fused-ring (bicyclic) bond motifs is 1. The van der Waals surface area contributed by atoms with E-state index >= 15 is 0 Å². The molecule has 1 N–H and O–H groups in total. The molecule has 1 aromatic heterocycles. The van der Waals surface area contributed by atoms with Gasteiger partial charge in [0.2, 0.25) is 5.88 Å². The number of carbonyl (C=O) groups excluding carboxylic acids is 1. The van der Waals surface area contributed by atoms with Gasteiger partial charge in [-0.3, -0.25) is 4.79 Å². The van der Waals surface area contributed by atoms with E-state index in [1.807, 2.05) is 21.0 Å². The fourth-order valence-corrected chi connectivity index (χ4v) is 4.18. The van der Waals surface area contributed by atoms with Gasteiger partial charge >= 0.3 is 0 Å². The van der Waals surface area contributed by atoms with Crippen molar-refractivity contribution >= 4 is 5.91 Å². The maximum absolute atomic E-state index is 13.4. The number of amides is 1. The third kappa shape index (κ3) is 5.53. The first kappa shape index (κ1) is 22.6. The standard InChI is InChI=1S/C24H35N3O3/c1-17-14-27(18(2)16-28)24(29)21-12-20(11-10-19-8-6-5-7-9-19)13-25-23(21)30-22(17)15-26(3)4/h12-13,17-19,22,28H,5-9,14-16H2,1-4H3/t17-,18+,22+/m1/s1. The van der Waals surface area contributed by atoms with Crippen LogP contribution in [0.5, 0.6) is 5.88 Å². The van der Waals surface area contributed by atoms with Gasteiger partial charge in [0.25, 0.3) is 5.91 Å². The SMILES string of the molecule is C[C@@H]1CN([C@@H](C)CO)C(=O)c2cc(C#CC3CCCCC3)cnc2O[C@H]1CN(C)C. The number of carbonyl (C=O) groups is 1. The van der Waals surface area contributed by atoms with Crippen LogP contribution in [-0.2, 0) is 0 Å². The molecule has 1 aromatic rings. The number of nitrogens with zero attached hydrogens (tertiary/aromatic N) is 3. The summed E-state index contributed by atoms with van der Waals surface area (Å²) in [5, 5.41) is 9.72. The minimum absolute atomic E-state index is 0.0817. The molecule has 1 aliphatic carbocycles. The molecule has 2 heterocycles. The van der Waals surface area contributed by atoms with Crippen molar-refractivity contribution in [1.29, 1.82) is 0 Å². The smallest absolute Gasteiger partial charge is 0.259 e. The zero-order valence-corrected chi connectivity index (χ0v) is 18.7. The summed E-state index contributed by atoms with van der Waals surface area (Å²) < 4.78 is 6.23. The molecule has 2 aliphatic rings. The van der Waals surface area contributed by atoms with Crippen molar-refractivity contribution in [1.82, 2.24) is 14.8 Å². The highest BCUT2D eigenvalue weighted by Crippen LogP contribution is 2.27. The lowest BCUT2D eigenvalue weighted by molar-refractivity contribution is 0.0348. The molecule has 1 aliphatic heterocycles. The summed E-state index contributed by atoms with van der Waals surface area (Å²) >= 11 is 0. The fourth-order valence-electron chi connectivity index (χ4n) is 4.18. The highest BCUT2D eigenvalue weighted by molar-refractivity contribution is 5.97. The van der Waals surface area contributed by atoms with Gasteiger partial charge in [-0.1, -0.05) is 38.0 Å². The van der Waals surface area contributed by atoms with Crippen LogP contribution in [0.4, 0.5) is 0 Å². The van der Waals surface area contributed by atoms with Crippen LogP contribution < -0.4 is 4.74 Å². The van der Waals surface area contributed by atoms with Crippen molar-refractivity contribution in [3.05, 3.63) is 23.4 Å². The molecule has 0 radical (unpaired) electrons. The van der Waals surface area contributed by atoms with Gasteiger partial charge in [0.1, 0.15) is 11.7 Å². The second-order valence-electron chi connectivity index (χ2n) is 9.07. The molecule has 0 unspecified atom stereocenters. The van der Waals surface area contributed by atoms with Gasteiger partial charge in [-0.25, -0.2) is 4.98 Å². The first-order valence-electron chi connectivity index (χ1n) is 11.1. The largest absolute Gasteiger partial charge is 0.472 e. The molecule has 0 saturated heterocycles. The Morgan fingerprint density at radius 2 is 2.07 bits per heavy atom. The van der Waals surface area contributed by atoms with Crippen LogP contribution >= 0.6 is 0 Å². The van der Waals surface area contributed by atoms with Crippen molar-refractivity contribution in [2.45, 2.75) is 58.1 Å². The van der Waals surface area contributed by atoms with Gasteiger partial charge in [-0.15, -0.1) is 0 Å². The molecule has 0 aromatic carbocycles. The molecule has 1 saturated carbocycles. The lowest BCUT2D eigenvalue weighted by Gasteiger charge is -2.37. The van der Waals surface area contributed by atoms with E-state index in [4.69, 9.17) is 4.74 Å². The summed E-state index contributed by atoms with van der Waals surface area (Å²) in [6.45, 7) is 5.11. The third-order valence-electron chi connectivity index (χ3n) is 6.09. The zero-order valence-electron chi connectivity index (χ0n) is 18.7. The molecule has 1 fully saturated rings. The predicted molar refractivity (Wildman–Crippen MR) is 117 cm³/mol. The average molecular weight is 414 g/mol. The Hall–Kier alpha value is -2.10. The van der Waals surface area contributed by atoms with Crippen molar-refractivity contribution < 1.29 is 14.6 Å². The van der Waals surface area contributed by atoms with Crippen LogP contribution in [0.1, 0.15) is 61.9 Å². The molecule has 1 amide bonds. The van der Waals surface area contributed by atoms with E-state index in [2.05, 4.69) is 28.6 Å². The molecule has 30 heavy (non-hydrogen) atoms. The van der Waals surface area contributed by atoms with Crippen LogP contribution in [0.25, 0.3) is 0 Å². The number of hydrogen-bond acceptors (Lipinski definition) is 5. The Labute approximate surface area is 180 Å². The second-order valence-corrected chi connectivity index (χ2v) is 9.07. The van der Waals surface area contributed by atoms with Crippen molar-refractivity contribution in [3.63, 3.8) is 0 Å². The molecule has 0 spiro atoms. The predicted octanol–water partition coefficient (Wildman–Crippen LogP) is 2.80. The van der Waals surface area contributed by atoms with E-state index in [-0.39, 0.29) is 30.6 Å². The highest BCUT2D eigenvalue weighted by atomic mass is 16.5. The summed E-state index contributed by atoms with van der Waals surface area (Å²) in [4.78, 5) is 21.7. The first-order chi connectivity index (χ1) is 14.4. The summed E-state index contributed by atoms with van der Waals surface area (Å²) in [5.41, 5.74) is 1.17. The Morgan fingerprint density at radius 1 is 1.33 bits per heavy atom. The van der Waals surface area contributed by atoms with E-state index < -0.39 is 0 Å². The minimum Gasteiger partial charge on any atom is -0.472 e. The van der Waals surface area contributed by atoms with Crippen LogP contribution in [-0.4, -0.2) is 71.7 Å². The van der Waals surface area contributed by atoms with E-state index in [9.17, 15) is 9.90 Å². The quantitative estimate of drug-likeness (QED) is 0.769. The molecule has 6 nitrogen and oxygen atoms in total. The molecule has 0 bridgehead atoms. The lowest BCUT2D eigenvalue weighted by Crippen LogP contribution is -2.49.